The molecule has 2 bridgehead atoms. The highest BCUT2D eigenvalue weighted by Crippen LogP contribution is 2.59. The summed E-state index contributed by atoms with van der Waals surface area (Å²) >= 11 is 2.05. The van der Waals surface area contributed by atoms with E-state index in [0.717, 1.165) is 35.7 Å². The number of hydrogen-bond donors (Lipinski definition) is 1. The summed E-state index contributed by atoms with van der Waals surface area (Å²) in [5.74, 6) is -3.82. The van der Waals surface area contributed by atoms with E-state index < -0.39 is 58.0 Å². The predicted octanol–water partition coefficient (Wildman–Crippen LogP) is 4.52. The van der Waals surface area contributed by atoms with Crippen LogP contribution in [0.4, 0.5) is 0 Å². The van der Waals surface area contributed by atoms with Crippen molar-refractivity contribution in [2.45, 2.75) is 61.5 Å². The Morgan fingerprint density at radius 1 is 1.03 bits per heavy atom. The molecule has 2 aromatic rings. The van der Waals surface area contributed by atoms with Crippen LogP contribution in [-0.4, -0.2) is 43.1 Å². The van der Waals surface area contributed by atoms with Crippen LogP contribution in [0.5, 0.6) is 5.75 Å². The van der Waals surface area contributed by atoms with Gasteiger partial charge >= 0.3 is 17.9 Å². The molecule has 1 saturated heterocycles. The van der Waals surface area contributed by atoms with E-state index in [-0.39, 0.29) is 22.5 Å². The third-order valence-corrected chi connectivity index (χ3v) is 10.5. The Bertz CT molecular complexity index is 1450. The molecule has 39 heavy (non-hydrogen) atoms. The molecule has 4 fully saturated rings. The minimum Gasteiger partial charge on any atom is -0.458 e. The van der Waals surface area contributed by atoms with Gasteiger partial charge in [-0.2, -0.15) is 8.42 Å². The number of carbonyl (C=O) groups is 3. The fourth-order valence-electron chi connectivity index (χ4n) is 7.02. The smallest absolute Gasteiger partial charge is 0.339 e. The molecule has 206 valence electrons. The molecule has 2 aromatic carbocycles. The lowest BCUT2D eigenvalue weighted by molar-refractivity contribution is -0.149. The first-order valence-corrected chi connectivity index (χ1v) is 15.6. The molecule has 0 amide bonds. The van der Waals surface area contributed by atoms with E-state index in [2.05, 4.69) is 22.6 Å². The number of benzene rings is 2. The fraction of sp³-hybridized carbons (Fsp3) is 0.464. The second kappa shape index (κ2) is 10.2. The van der Waals surface area contributed by atoms with Crippen LogP contribution in [0, 0.1) is 27.2 Å². The van der Waals surface area contributed by atoms with Crippen LogP contribution in [-0.2, 0) is 29.2 Å². The molecule has 1 heterocycles. The van der Waals surface area contributed by atoms with Gasteiger partial charge in [0.25, 0.3) is 10.1 Å². The number of esters is 3. The van der Waals surface area contributed by atoms with Crippen molar-refractivity contribution in [1.29, 1.82) is 0 Å². The van der Waals surface area contributed by atoms with E-state index in [9.17, 15) is 27.4 Å². The predicted molar refractivity (Wildman–Crippen MR) is 145 cm³/mol. The number of hydrogen-bond acceptors (Lipinski definition) is 8. The summed E-state index contributed by atoms with van der Waals surface area (Å²) in [7, 11) is -4.46. The molecule has 0 spiro atoms. The van der Waals surface area contributed by atoms with Crippen molar-refractivity contribution in [1.82, 2.24) is 0 Å². The first kappa shape index (κ1) is 26.7. The number of rotatable bonds is 6. The second-order valence-electron chi connectivity index (χ2n) is 10.8. The number of fused-ring (bicyclic) bond motifs is 1. The van der Waals surface area contributed by atoms with Gasteiger partial charge in [-0.15, -0.1) is 0 Å². The fourth-order valence-corrected chi connectivity index (χ4v) is 8.40. The van der Waals surface area contributed by atoms with Gasteiger partial charge in [0, 0.05) is 15.4 Å². The number of carbonyl (C=O) groups excluding carboxylic acids is 3. The molecular formula is C28H27IO9S. The lowest BCUT2D eigenvalue weighted by Crippen LogP contribution is -2.44. The maximum Gasteiger partial charge on any atom is 0.339 e. The topological polar surface area (TPSA) is 133 Å². The van der Waals surface area contributed by atoms with E-state index in [0.29, 0.717) is 17.5 Å². The minimum atomic E-state index is -4.46. The van der Waals surface area contributed by atoms with Gasteiger partial charge in [-0.25, -0.2) is 4.79 Å². The first-order valence-electron chi connectivity index (χ1n) is 13.1. The van der Waals surface area contributed by atoms with Crippen molar-refractivity contribution in [2.75, 3.05) is 0 Å². The average molecular weight is 666 g/mol. The summed E-state index contributed by atoms with van der Waals surface area (Å²) in [6.07, 6.45) is 3.64. The van der Waals surface area contributed by atoms with Crippen LogP contribution in [0.25, 0.3) is 0 Å². The highest BCUT2D eigenvalue weighted by molar-refractivity contribution is 14.1. The third-order valence-electron chi connectivity index (χ3n) is 8.68. The van der Waals surface area contributed by atoms with Gasteiger partial charge in [-0.05, 0) is 83.7 Å². The molecule has 1 aliphatic heterocycles. The summed E-state index contributed by atoms with van der Waals surface area (Å²) in [6, 6.07) is 11.1. The van der Waals surface area contributed by atoms with Gasteiger partial charge in [0.2, 0.25) is 0 Å². The highest BCUT2D eigenvalue weighted by atomic mass is 127. The zero-order valence-electron chi connectivity index (χ0n) is 20.8. The average Bonchev–Trinajstić information content (AvgIpc) is 3.53. The number of halogens is 1. The molecular weight excluding hydrogens is 639 g/mol. The largest absolute Gasteiger partial charge is 0.458 e. The standard InChI is InChI=1S/C28H27IO9S/c29-20-9-5-4-8-16(20)26(30)37-24-18-13-19-23(28(32)38-25(19)24)22(18)27(31)36-15-10-11-21(39(33,34)35)17(12-15)14-6-2-1-3-7-14/h4-5,8-12,14,18-19,22-25H,1-3,6-7,13H2,(H,33,34,35). The molecule has 1 N–H and O–H groups in total. The van der Waals surface area contributed by atoms with Gasteiger partial charge in [-0.1, -0.05) is 31.4 Å². The summed E-state index contributed by atoms with van der Waals surface area (Å²) in [5.41, 5.74) is 0.829. The molecule has 6 rings (SSSR count). The third kappa shape index (κ3) is 4.76. The summed E-state index contributed by atoms with van der Waals surface area (Å²) < 4.78 is 51.8. The Morgan fingerprint density at radius 3 is 2.49 bits per heavy atom. The van der Waals surface area contributed by atoms with E-state index in [1.54, 1.807) is 18.2 Å². The monoisotopic (exact) mass is 666 g/mol. The van der Waals surface area contributed by atoms with Crippen LogP contribution in [0.15, 0.2) is 47.4 Å². The second-order valence-corrected chi connectivity index (χ2v) is 13.3. The Labute approximate surface area is 239 Å². The van der Waals surface area contributed by atoms with Crippen LogP contribution in [0.3, 0.4) is 0 Å². The lowest BCUT2D eigenvalue weighted by atomic mass is 9.78. The molecule has 11 heteroatoms. The quantitative estimate of drug-likeness (QED) is 0.205. The Hall–Kier alpha value is -2.51. The van der Waals surface area contributed by atoms with Crippen molar-refractivity contribution in [3.05, 3.63) is 57.2 Å². The first-order chi connectivity index (χ1) is 18.6. The molecule has 0 aromatic heterocycles. The van der Waals surface area contributed by atoms with Gasteiger partial charge in [0.1, 0.15) is 18.0 Å². The summed E-state index contributed by atoms with van der Waals surface area (Å²) in [5, 5.41) is 0. The van der Waals surface area contributed by atoms with Crippen LogP contribution < -0.4 is 4.74 Å². The van der Waals surface area contributed by atoms with Gasteiger partial charge in [0.05, 0.1) is 22.3 Å². The lowest BCUT2D eigenvalue weighted by Gasteiger charge is -2.30. The Kier molecular flexibility index (Phi) is 6.95. The normalized spacial score (nSPS) is 29.7. The summed E-state index contributed by atoms with van der Waals surface area (Å²) in [4.78, 5) is 39.1. The molecule has 4 aliphatic rings. The zero-order valence-corrected chi connectivity index (χ0v) is 23.8. The SMILES string of the molecule is O=C(OC1C2CC3C1OC(=O)C3C2C(=O)Oc1ccc(S(=O)(=O)O)c(C2CCCCC2)c1)c1ccccc1I. The van der Waals surface area contributed by atoms with Crippen molar-refractivity contribution in [2.24, 2.45) is 23.7 Å². The molecule has 3 saturated carbocycles. The van der Waals surface area contributed by atoms with Crippen molar-refractivity contribution in [3.63, 3.8) is 0 Å². The van der Waals surface area contributed by atoms with E-state index in [4.69, 9.17) is 14.2 Å². The highest BCUT2D eigenvalue weighted by Gasteiger charge is 2.70. The van der Waals surface area contributed by atoms with E-state index in [1.165, 1.54) is 18.2 Å². The molecule has 6 unspecified atom stereocenters. The maximum absolute atomic E-state index is 13.5. The van der Waals surface area contributed by atoms with Gasteiger partial charge in [0.15, 0.2) is 0 Å². The van der Waals surface area contributed by atoms with Crippen molar-refractivity contribution < 1.29 is 41.6 Å². The Morgan fingerprint density at radius 2 is 1.77 bits per heavy atom. The molecule has 0 radical (unpaired) electrons. The van der Waals surface area contributed by atoms with Crippen LogP contribution in [0.1, 0.15) is 60.4 Å². The molecule has 9 nitrogen and oxygen atoms in total. The zero-order chi connectivity index (χ0) is 27.5. The van der Waals surface area contributed by atoms with Crippen molar-refractivity contribution in [3.8, 4) is 5.75 Å². The molecule has 3 aliphatic carbocycles. The molecule has 6 atom stereocenters. The van der Waals surface area contributed by atoms with Crippen LogP contribution >= 0.6 is 22.6 Å². The van der Waals surface area contributed by atoms with Crippen LogP contribution in [0.2, 0.25) is 0 Å². The van der Waals surface area contributed by atoms with E-state index in [1.807, 2.05) is 6.07 Å². The minimum absolute atomic E-state index is 0.0769. The number of ether oxygens (including phenoxy) is 3. The maximum atomic E-state index is 13.5. The summed E-state index contributed by atoms with van der Waals surface area (Å²) in [6.45, 7) is 0. The van der Waals surface area contributed by atoms with Gasteiger partial charge in [-0.3, -0.25) is 14.1 Å². The van der Waals surface area contributed by atoms with E-state index >= 15 is 0 Å². The van der Waals surface area contributed by atoms with Crippen molar-refractivity contribution >= 4 is 50.6 Å². The Balaban J connectivity index is 1.25. The van der Waals surface area contributed by atoms with Gasteiger partial charge < -0.3 is 14.2 Å².